The van der Waals surface area contributed by atoms with Crippen LogP contribution in [-0.2, 0) is 20.2 Å². The zero-order chi connectivity index (χ0) is 27.8. The lowest BCUT2D eigenvalue weighted by molar-refractivity contribution is -0.143. The predicted molar refractivity (Wildman–Crippen MR) is 150 cm³/mol. The number of esters is 1. The third-order valence-electron chi connectivity index (χ3n) is 6.17. The molecule has 3 rings (SSSR count). The third kappa shape index (κ3) is 6.89. The molecular weight excluding hydrogens is 506 g/mol. The van der Waals surface area contributed by atoms with Crippen LogP contribution in [0.2, 0.25) is 0 Å². The maximum Gasteiger partial charge on any atom is 0.306 e. The molecule has 9 nitrogen and oxygen atoms in total. The number of thiol groups is 1. The fourth-order valence-electron chi connectivity index (χ4n) is 4.23. The van der Waals surface area contributed by atoms with Crippen molar-refractivity contribution in [2.24, 2.45) is 0 Å². The quantitative estimate of drug-likeness (QED) is 0.114. The van der Waals surface area contributed by atoms with Crippen LogP contribution in [0.4, 0.5) is 17.1 Å². The van der Waals surface area contributed by atoms with Crippen molar-refractivity contribution in [3.05, 3.63) is 70.8 Å². The summed E-state index contributed by atoms with van der Waals surface area (Å²) in [6.07, 6.45) is 0.109. The van der Waals surface area contributed by atoms with Crippen molar-refractivity contribution in [3.8, 4) is 11.5 Å². The number of hydrogen-bond donors (Lipinski definition) is 4. The highest BCUT2D eigenvalue weighted by molar-refractivity contribution is 7.72. The molecule has 0 aliphatic carbocycles. The summed E-state index contributed by atoms with van der Waals surface area (Å²) in [4.78, 5) is 12.7. The molecule has 0 bridgehead atoms. The first-order valence-electron chi connectivity index (χ1n) is 12.2. The number of rotatable bonds is 12. The van der Waals surface area contributed by atoms with E-state index in [-0.39, 0.29) is 42.3 Å². The van der Waals surface area contributed by atoms with Crippen LogP contribution in [0.25, 0.3) is 0 Å². The summed E-state index contributed by atoms with van der Waals surface area (Å²) >= 11 is 0. The Balaban J connectivity index is 1.93. The van der Waals surface area contributed by atoms with Crippen molar-refractivity contribution < 1.29 is 27.4 Å². The number of carbonyl (C=O) groups excluding carboxylic acids is 1. The Hall–Kier alpha value is -3.92. The van der Waals surface area contributed by atoms with Crippen LogP contribution < -0.4 is 25.8 Å². The second-order valence-corrected chi connectivity index (χ2v) is 9.76. The molecule has 0 aromatic heterocycles. The number of anilines is 3. The average molecular weight is 542 g/mol. The van der Waals surface area contributed by atoms with Gasteiger partial charge in [0.25, 0.3) is 0 Å². The van der Waals surface area contributed by atoms with E-state index in [0.29, 0.717) is 17.1 Å². The van der Waals surface area contributed by atoms with Gasteiger partial charge < -0.3 is 30.6 Å². The number of nitrogens with two attached hydrogens (primary N) is 1. The number of ether oxygens (including phenoxy) is 3. The Morgan fingerprint density at radius 3 is 2.45 bits per heavy atom. The first-order chi connectivity index (χ1) is 18.2. The standard InChI is InChI=1S/C28H35N3O6S/c1-6-36-27(32)15-21(20-12-22(29)28(30-4)25(14-20)35-5)19-9-8-18(3)23(13-19)31-16-37-24-11-17(2)7-10-26(24)38(33)34/h7-14,21,30-31,38H,6,15-16,29H2,1-5H3. The second kappa shape index (κ2) is 13.0. The molecule has 0 heterocycles. The van der Waals surface area contributed by atoms with Crippen molar-refractivity contribution in [3.63, 3.8) is 0 Å². The Morgan fingerprint density at radius 2 is 1.79 bits per heavy atom. The van der Waals surface area contributed by atoms with Crippen LogP contribution in [0.3, 0.4) is 0 Å². The van der Waals surface area contributed by atoms with E-state index in [1.165, 1.54) is 6.07 Å². The number of methoxy groups -OCH3 is 1. The Bertz CT molecular complexity index is 1360. The van der Waals surface area contributed by atoms with E-state index in [1.54, 1.807) is 33.2 Å². The summed E-state index contributed by atoms with van der Waals surface area (Å²) in [5.41, 5.74) is 11.8. The van der Waals surface area contributed by atoms with Crippen LogP contribution in [0.1, 0.15) is 41.5 Å². The van der Waals surface area contributed by atoms with Gasteiger partial charge in [0.05, 0.1) is 31.5 Å². The van der Waals surface area contributed by atoms with Crippen LogP contribution >= 0.6 is 0 Å². The van der Waals surface area contributed by atoms with Gasteiger partial charge >= 0.3 is 5.97 Å². The summed E-state index contributed by atoms with van der Waals surface area (Å²) in [5.74, 6) is 0.173. The lowest BCUT2D eigenvalue weighted by atomic mass is 9.87. The Kier molecular flexibility index (Phi) is 9.84. The second-order valence-electron chi connectivity index (χ2n) is 8.77. The zero-order valence-corrected chi connectivity index (χ0v) is 23.2. The molecule has 4 N–H and O–H groups in total. The van der Waals surface area contributed by atoms with Gasteiger partial charge in [0.15, 0.2) is 17.4 Å². The lowest BCUT2D eigenvalue weighted by Gasteiger charge is -2.22. The molecule has 38 heavy (non-hydrogen) atoms. The molecule has 10 heteroatoms. The van der Waals surface area contributed by atoms with E-state index in [4.69, 9.17) is 19.9 Å². The summed E-state index contributed by atoms with van der Waals surface area (Å²) < 4.78 is 39.8. The zero-order valence-electron chi connectivity index (χ0n) is 22.3. The molecule has 3 aromatic rings. The minimum Gasteiger partial charge on any atom is -0.494 e. The van der Waals surface area contributed by atoms with Crippen LogP contribution in [0.5, 0.6) is 11.5 Å². The van der Waals surface area contributed by atoms with E-state index in [2.05, 4.69) is 10.6 Å². The van der Waals surface area contributed by atoms with Crippen LogP contribution in [0, 0.1) is 13.8 Å². The molecule has 0 amide bonds. The van der Waals surface area contributed by atoms with Gasteiger partial charge in [-0.3, -0.25) is 4.79 Å². The highest BCUT2D eigenvalue weighted by Crippen LogP contribution is 2.39. The molecule has 0 spiro atoms. The minimum atomic E-state index is -2.79. The fourth-order valence-corrected chi connectivity index (χ4v) is 4.74. The van der Waals surface area contributed by atoms with Gasteiger partial charge in [0, 0.05) is 18.7 Å². The highest BCUT2D eigenvalue weighted by atomic mass is 32.2. The van der Waals surface area contributed by atoms with Crippen molar-refractivity contribution in [2.45, 2.75) is 38.0 Å². The fraction of sp³-hybridized carbons (Fsp3) is 0.321. The van der Waals surface area contributed by atoms with Gasteiger partial charge in [0.2, 0.25) is 0 Å². The van der Waals surface area contributed by atoms with E-state index in [9.17, 15) is 13.2 Å². The van der Waals surface area contributed by atoms with Gasteiger partial charge in [-0.1, -0.05) is 18.2 Å². The normalized spacial score (nSPS) is 11.6. The summed E-state index contributed by atoms with van der Waals surface area (Å²) in [6, 6.07) is 14.5. The number of nitrogen functional groups attached to an aromatic ring is 1. The van der Waals surface area contributed by atoms with E-state index < -0.39 is 10.7 Å². The maximum atomic E-state index is 12.6. The number of nitrogens with one attached hydrogen (secondary N) is 2. The molecular formula is C28H35N3O6S. The molecule has 1 unspecified atom stereocenters. The summed E-state index contributed by atoms with van der Waals surface area (Å²) in [5, 5.41) is 6.28. The van der Waals surface area contributed by atoms with Gasteiger partial charge in [-0.2, -0.15) is 0 Å². The smallest absolute Gasteiger partial charge is 0.306 e. The molecule has 0 radical (unpaired) electrons. The van der Waals surface area contributed by atoms with Crippen molar-refractivity contribution in [1.82, 2.24) is 0 Å². The predicted octanol–water partition coefficient (Wildman–Crippen LogP) is 4.44. The lowest BCUT2D eigenvalue weighted by Crippen LogP contribution is -2.14. The van der Waals surface area contributed by atoms with Crippen molar-refractivity contribution in [1.29, 1.82) is 0 Å². The monoisotopic (exact) mass is 541 g/mol. The SMILES string of the molecule is CCOC(=O)CC(c1ccc(C)c(NCOc2cc(C)ccc2[SH](=O)=O)c1)c1cc(N)c(NC)c(OC)c1. The van der Waals surface area contributed by atoms with E-state index >= 15 is 0 Å². The molecule has 0 saturated carbocycles. The minimum absolute atomic E-state index is 0.0457. The van der Waals surface area contributed by atoms with E-state index in [1.807, 2.05) is 44.2 Å². The first kappa shape index (κ1) is 28.6. The van der Waals surface area contributed by atoms with Crippen molar-refractivity contribution in [2.75, 3.05) is 43.9 Å². The topological polar surface area (TPSA) is 129 Å². The Labute approximate surface area is 225 Å². The van der Waals surface area contributed by atoms with Crippen molar-refractivity contribution >= 4 is 33.7 Å². The number of aryl methyl sites for hydroxylation is 2. The summed E-state index contributed by atoms with van der Waals surface area (Å²) in [6.45, 7) is 5.91. The molecule has 0 aliphatic rings. The van der Waals surface area contributed by atoms with Gasteiger partial charge in [-0.05, 0) is 73.4 Å². The van der Waals surface area contributed by atoms with Gasteiger partial charge in [0.1, 0.15) is 16.4 Å². The summed E-state index contributed by atoms with van der Waals surface area (Å²) in [7, 11) is 0.539. The molecule has 0 fully saturated rings. The number of benzene rings is 3. The molecule has 0 aliphatic heterocycles. The third-order valence-corrected chi connectivity index (χ3v) is 6.93. The average Bonchev–Trinajstić information content (AvgIpc) is 2.88. The molecule has 1 atom stereocenters. The largest absolute Gasteiger partial charge is 0.494 e. The number of hydrogen-bond acceptors (Lipinski definition) is 9. The highest BCUT2D eigenvalue weighted by Gasteiger charge is 2.23. The molecule has 204 valence electrons. The molecule has 3 aromatic carbocycles. The Morgan fingerprint density at radius 1 is 1.03 bits per heavy atom. The van der Waals surface area contributed by atoms with Crippen LogP contribution in [0.15, 0.2) is 53.4 Å². The van der Waals surface area contributed by atoms with Gasteiger partial charge in [-0.25, -0.2) is 8.42 Å². The first-order valence-corrected chi connectivity index (χ1v) is 13.4. The maximum absolute atomic E-state index is 12.6. The number of carbonyl (C=O) groups is 1. The molecule has 0 saturated heterocycles. The van der Waals surface area contributed by atoms with Gasteiger partial charge in [-0.15, -0.1) is 0 Å². The van der Waals surface area contributed by atoms with E-state index in [0.717, 1.165) is 27.9 Å². The van der Waals surface area contributed by atoms with Crippen LogP contribution in [-0.4, -0.2) is 41.9 Å².